The van der Waals surface area contributed by atoms with Crippen molar-refractivity contribution in [3.05, 3.63) is 29.8 Å². The first kappa shape index (κ1) is 20.0. The summed E-state index contributed by atoms with van der Waals surface area (Å²) in [5.41, 5.74) is 1.21. The fraction of sp³-hybridized carbons (Fsp3) is 0.579. The van der Waals surface area contributed by atoms with Gasteiger partial charge in [-0.3, -0.25) is 4.79 Å². The third kappa shape index (κ3) is 6.92. The third-order valence-corrected chi connectivity index (χ3v) is 4.57. The number of benzene rings is 1. The molecule has 7 heteroatoms. The van der Waals surface area contributed by atoms with Gasteiger partial charge >= 0.3 is 6.03 Å². The van der Waals surface area contributed by atoms with Crippen LogP contribution in [-0.2, 0) is 11.2 Å². The molecular weight excluding hydrogens is 332 g/mol. The summed E-state index contributed by atoms with van der Waals surface area (Å²) in [4.78, 5) is 27.9. The van der Waals surface area contributed by atoms with Crippen molar-refractivity contribution in [2.24, 2.45) is 0 Å². The fourth-order valence-electron chi connectivity index (χ4n) is 2.85. The average molecular weight is 362 g/mol. The minimum atomic E-state index is -0.217. The molecule has 2 rings (SSSR count). The summed E-state index contributed by atoms with van der Waals surface area (Å²) in [7, 11) is 3.71. The Bertz CT molecular complexity index is 569. The van der Waals surface area contributed by atoms with Crippen molar-refractivity contribution >= 4 is 11.9 Å². The first-order chi connectivity index (χ1) is 12.6. The Kier molecular flexibility index (Phi) is 8.21. The van der Waals surface area contributed by atoms with Crippen LogP contribution in [0.15, 0.2) is 24.3 Å². The molecule has 0 spiro atoms. The molecule has 0 bridgehead atoms. The molecule has 1 aromatic rings. The summed E-state index contributed by atoms with van der Waals surface area (Å²) in [6.07, 6.45) is 2.11. The lowest BCUT2D eigenvalue weighted by Gasteiger charge is -2.32. The topological polar surface area (TPSA) is 73.9 Å². The van der Waals surface area contributed by atoms with E-state index in [4.69, 9.17) is 4.74 Å². The number of hydrogen-bond acceptors (Lipinski definition) is 4. The molecule has 1 aromatic carbocycles. The van der Waals surface area contributed by atoms with Crippen LogP contribution in [-0.4, -0.2) is 75.2 Å². The molecule has 144 valence electrons. The fourth-order valence-corrected chi connectivity index (χ4v) is 2.85. The molecule has 3 amide bonds. The minimum absolute atomic E-state index is 0.109. The Morgan fingerprint density at radius 1 is 1.04 bits per heavy atom. The molecule has 26 heavy (non-hydrogen) atoms. The Morgan fingerprint density at radius 3 is 2.35 bits per heavy atom. The van der Waals surface area contributed by atoms with Gasteiger partial charge in [-0.15, -0.1) is 0 Å². The van der Waals surface area contributed by atoms with E-state index in [1.54, 1.807) is 7.11 Å². The number of carbonyl (C=O) groups is 2. The van der Waals surface area contributed by atoms with Gasteiger partial charge in [-0.1, -0.05) is 12.1 Å². The smallest absolute Gasteiger partial charge is 0.314 e. The molecule has 0 aliphatic carbocycles. The van der Waals surface area contributed by atoms with E-state index in [1.165, 1.54) is 5.56 Å². The number of hydrogen-bond donors (Lipinski definition) is 2. The van der Waals surface area contributed by atoms with Gasteiger partial charge in [-0.2, -0.15) is 0 Å². The van der Waals surface area contributed by atoms with Gasteiger partial charge in [0.2, 0.25) is 5.91 Å². The summed E-state index contributed by atoms with van der Waals surface area (Å²) in [6, 6.07) is 7.72. The highest BCUT2D eigenvalue weighted by molar-refractivity contribution is 5.78. The normalized spacial score (nSPS) is 14.8. The number of carbonyl (C=O) groups excluding carboxylic acids is 2. The molecule has 0 aromatic heterocycles. The Morgan fingerprint density at radius 2 is 1.69 bits per heavy atom. The number of likely N-dealkylation sites (N-methyl/N-ethyl adjacent to an activating group) is 1. The van der Waals surface area contributed by atoms with E-state index in [0.717, 1.165) is 44.8 Å². The molecule has 1 heterocycles. The first-order valence-electron chi connectivity index (χ1n) is 9.19. The standard InChI is InChI=1S/C19H30N4O3/c1-22-12-14-23(15-13-22)18(24)9-11-21-19(25)20-10-3-4-16-5-7-17(26-2)8-6-16/h5-8H,3-4,9-15H2,1-2H3,(H2,20,21,25). The maximum Gasteiger partial charge on any atom is 0.314 e. The highest BCUT2D eigenvalue weighted by atomic mass is 16.5. The van der Waals surface area contributed by atoms with Crippen molar-refractivity contribution in [2.75, 3.05) is 53.4 Å². The average Bonchev–Trinajstić information content (AvgIpc) is 2.66. The zero-order valence-electron chi connectivity index (χ0n) is 15.8. The monoisotopic (exact) mass is 362 g/mol. The zero-order chi connectivity index (χ0) is 18.8. The Balaban J connectivity index is 1.52. The molecule has 1 aliphatic heterocycles. The van der Waals surface area contributed by atoms with Gasteiger partial charge in [0.25, 0.3) is 0 Å². The minimum Gasteiger partial charge on any atom is -0.497 e. The van der Waals surface area contributed by atoms with Crippen molar-refractivity contribution in [3.63, 3.8) is 0 Å². The van der Waals surface area contributed by atoms with E-state index in [0.29, 0.717) is 19.5 Å². The summed E-state index contributed by atoms with van der Waals surface area (Å²) >= 11 is 0. The number of aryl methyl sites for hydroxylation is 1. The second-order valence-corrected chi connectivity index (χ2v) is 6.57. The van der Waals surface area contributed by atoms with Gasteiger partial charge in [0.05, 0.1) is 7.11 Å². The van der Waals surface area contributed by atoms with Crippen LogP contribution < -0.4 is 15.4 Å². The van der Waals surface area contributed by atoms with E-state index < -0.39 is 0 Å². The van der Waals surface area contributed by atoms with Gasteiger partial charge < -0.3 is 25.2 Å². The highest BCUT2D eigenvalue weighted by Gasteiger charge is 2.18. The lowest BCUT2D eigenvalue weighted by Crippen LogP contribution is -2.48. The SMILES string of the molecule is COc1ccc(CCCNC(=O)NCCC(=O)N2CCN(C)CC2)cc1. The van der Waals surface area contributed by atoms with Crippen LogP contribution in [0.25, 0.3) is 0 Å². The molecule has 7 nitrogen and oxygen atoms in total. The largest absolute Gasteiger partial charge is 0.497 e. The van der Waals surface area contributed by atoms with E-state index >= 15 is 0 Å². The van der Waals surface area contributed by atoms with Crippen molar-refractivity contribution in [1.29, 1.82) is 0 Å². The van der Waals surface area contributed by atoms with Crippen LogP contribution in [0.3, 0.4) is 0 Å². The zero-order valence-corrected chi connectivity index (χ0v) is 15.8. The van der Waals surface area contributed by atoms with Crippen LogP contribution in [0.4, 0.5) is 4.79 Å². The van der Waals surface area contributed by atoms with Gasteiger partial charge in [0.1, 0.15) is 5.75 Å². The lowest BCUT2D eigenvalue weighted by molar-refractivity contribution is -0.132. The number of nitrogens with one attached hydrogen (secondary N) is 2. The number of ether oxygens (including phenoxy) is 1. The third-order valence-electron chi connectivity index (χ3n) is 4.57. The number of urea groups is 1. The maximum atomic E-state index is 12.1. The molecule has 0 saturated carbocycles. The van der Waals surface area contributed by atoms with Crippen molar-refractivity contribution in [2.45, 2.75) is 19.3 Å². The first-order valence-corrected chi connectivity index (χ1v) is 9.19. The maximum absolute atomic E-state index is 12.1. The van der Waals surface area contributed by atoms with Gasteiger partial charge in [0.15, 0.2) is 0 Å². The second kappa shape index (κ2) is 10.7. The predicted molar refractivity (Wildman–Crippen MR) is 101 cm³/mol. The molecule has 1 saturated heterocycles. The molecule has 0 radical (unpaired) electrons. The van der Waals surface area contributed by atoms with Crippen LogP contribution in [0, 0.1) is 0 Å². The number of methoxy groups -OCH3 is 1. The van der Waals surface area contributed by atoms with E-state index in [9.17, 15) is 9.59 Å². The lowest BCUT2D eigenvalue weighted by atomic mass is 10.1. The summed E-state index contributed by atoms with van der Waals surface area (Å²) in [5.74, 6) is 0.954. The van der Waals surface area contributed by atoms with Crippen molar-refractivity contribution in [1.82, 2.24) is 20.4 Å². The molecule has 0 unspecified atom stereocenters. The van der Waals surface area contributed by atoms with Gasteiger partial charge in [0, 0.05) is 45.7 Å². The Labute approximate surface area is 155 Å². The molecule has 2 N–H and O–H groups in total. The second-order valence-electron chi connectivity index (χ2n) is 6.57. The van der Waals surface area contributed by atoms with E-state index in [1.807, 2.05) is 29.2 Å². The summed E-state index contributed by atoms with van der Waals surface area (Å²) < 4.78 is 5.13. The molecule has 0 atom stereocenters. The van der Waals surface area contributed by atoms with Crippen LogP contribution >= 0.6 is 0 Å². The van der Waals surface area contributed by atoms with Crippen LogP contribution in [0.1, 0.15) is 18.4 Å². The van der Waals surface area contributed by atoms with Crippen LogP contribution in [0.2, 0.25) is 0 Å². The van der Waals surface area contributed by atoms with Crippen molar-refractivity contribution < 1.29 is 14.3 Å². The summed E-state index contributed by atoms with van der Waals surface area (Å²) in [6.45, 7) is 4.33. The van der Waals surface area contributed by atoms with Crippen LogP contribution in [0.5, 0.6) is 5.75 Å². The molecular formula is C19H30N4O3. The number of piperazine rings is 1. The van der Waals surface area contributed by atoms with E-state index in [-0.39, 0.29) is 11.9 Å². The number of rotatable bonds is 8. The predicted octanol–water partition coefficient (Wildman–Crippen LogP) is 1.09. The van der Waals surface area contributed by atoms with Gasteiger partial charge in [-0.05, 0) is 37.6 Å². The number of amides is 3. The molecule has 1 fully saturated rings. The van der Waals surface area contributed by atoms with Crippen molar-refractivity contribution in [3.8, 4) is 5.75 Å². The van der Waals surface area contributed by atoms with Gasteiger partial charge in [-0.25, -0.2) is 4.79 Å². The number of nitrogens with zero attached hydrogens (tertiary/aromatic N) is 2. The van der Waals surface area contributed by atoms with E-state index in [2.05, 4.69) is 22.6 Å². The quantitative estimate of drug-likeness (QED) is 0.679. The highest BCUT2D eigenvalue weighted by Crippen LogP contribution is 2.12. The Hall–Kier alpha value is -2.28. The summed E-state index contributed by atoms with van der Waals surface area (Å²) in [5, 5.41) is 5.58. The molecule has 1 aliphatic rings.